The molecule has 2 N–H and O–H groups in total. The molecule has 4 rings (SSSR count). The molecule has 30 heavy (non-hydrogen) atoms. The van der Waals surface area contributed by atoms with Crippen molar-refractivity contribution in [1.82, 2.24) is 14.5 Å². The van der Waals surface area contributed by atoms with Gasteiger partial charge in [-0.15, -0.1) is 0 Å². The summed E-state index contributed by atoms with van der Waals surface area (Å²) in [4.78, 5) is 9.13. The van der Waals surface area contributed by atoms with Gasteiger partial charge in [0.2, 0.25) is 0 Å². The van der Waals surface area contributed by atoms with Crippen LogP contribution in [0.1, 0.15) is 19.4 Å². The summed E-state index contributed by atoms with van der Waals surface area (Å²) in [5, 5.41) is 14.9. The van der Waals surface area contributed by atoms with Crippen LogP contribution in [-0.4, -0.2) is 32.3 Å². The Bertz CT molecular complexity index is 1170. The van der Waals surface area contributed by atoms with Crippen molar-refractivity contribution in [1.29, 1.82) is 0 Å². The minimum Gasteiger partial charge on any atom is -0.394 e. The molecule has 2 aromatic carbocycles. The van der Waals surface area contributed by atoms with Crippen molar-refractivity contribution >= 4 is 28.5 Å². The molecule has 0 aliphatic heterocycles. The zero-order valence-corrected chi connectivity index (χ0v) is 18.1. The number of nitrogens with zero attached hydrogens (tertiary/aromatic N) is 3. The molecule has 4 aromatic rings. The SMILES string of the molecule is Cc1ccc(-n2cc(-c3ccccc3)c3c(NC(CO)C(C)C)ncnc32)cc1Cl. The van der Waals surface area contributed by atoms with E-state index in [1.54, 1.807) is 6.33 Å². The number of aryl methyl sites for hydroxylation is 1. The quantitative estimate of drug-likeness (QED) is 0.433. The van der Waals surface area contributed by atoms with E-state index < -0.39 is 0 Å². The predicted octanol–water partition coefficient (Wildman–Crippen LogP) is 5.48. The van der Waals surface area contributed by atoms with Crippen LogP contribution in [0.4, 0.5) is 5.82 Å². The smallest absolute Gasteiger partial charge is 0.150 e. The first-order valence-electron chi connectivity index (χ1n) is 10.0. The average molecular weight is 421 g/mol. The summed E-state index contributed by atoms with van der Waals surface area (Å²) in [6.07, 6.45) is 3.63. The fraction of sp³-hybridized carbons (Fsp3) is 0.250. The normalized spacial score (nSPS) is 12.5. The Balaban J connectivity index is 1.96. The Morgan fingerprint density at radius 3 is 2.53 bits per heavy atom. The second-order valence-corrected chi connectivity index (χ2v) is 8.22. The van der Waals surface area contributed by atoms with Gasteiger partial charge in [0.1, 0.15) is 12.1 Å². The van der Waals surface area contributed by atoms with Gasteiger partial charge in [-0.1, -0.05) is 61.8 Å². The minimum absolute atomic E-state index is 0.0259. The van der Waals surface area contributed by atoms with Gasteiger partial charge in [-0.2, -0.15) is 0 Å². The molecule has 2 heterocycles. The van der Waals surface area contributed by atoms with Crippen LogP contribution in [-0.2, 0) is 0 Å². The van der Waals surface area contributed by atoms with E-state index in [0.29, 0.717) is 10.8 Å². The molecule has 154 valence electrons. The number of aliphatic hydroxyl groups excluding tert-OH is 1. The summed E-state index contributed by atoms with van der Waals surface area (Å²) in [6.45, 7) is 6.16. The number of hydrogen-bond donors (Lipinski definition) is 2. The van der Waals surface area contributed by atoms with Crippen molar-refractivity contribution in [3.05, 3.63) is 71.6 Å². The Morgan fingerprint density at radius 2 is 1.87 bits per heavy atom. The highest BCUT2D eigenvalue weighted by Gasteiger charge is 2.20. The Kier molecular flexibility index (Phi) is 5.75. The number of nitrogens with one attached hydrogen (secondary N) is 1. The van der Waals surface area contributed by atoms with E-state index in [1.807, 2.05) is 47.9 Å². The van der Waals surface area contributed by atoms with E-state index in [4.69, 9.17) is 11.6 Å². The number of benzene rings is 2. The van der Waals surface area contributed by atoms with Gasteiger partial charge in [0.05, 0.1) is 18.0 Å². The Labute approximate surface area is 181 Å². The third-order valence-electron chi connectivity index (χ3n) is 5.42. The van der Waals surface area contributed by atoms with Crippen molar-refractivity contribution in [3.8, 4) is 16.8 Å². The molecule has 0 amide bonds. The highest BCUT2D eigenvalue weighted by molar-refractivity contribution is 6.31. The number of halogens is 1. The summed E-state index contributed by atoms with van der Waals surface area (Å²) in [6, 6.07) is 16.1. The molecule has 0 aliphatic rings. The maximum Gasteiger partial charge on any atom is 0.150 e. The maximum atomic E-state index is 9.83. The number of anilines is 1. The Morgan fingerprint density at radius 1 is 1.10 bits per heavy atom. The van der Waals surface area contributed by atoms with E-state index >= 15 is 0 Å². The van der Waals surface area contributed by atoms with Gasteiger partial charge in [0.25, 0.3) is 0 Å². The summed E-state index contributed by atoms with van der Waals surface area (Å²) in [5.74, 6) is 0.960. The lowest BCUT2D eigenvalue weighted by Gasteiger charge is -2.21. The van der Waals surface area contributed by atoms with E-state index in [-0.39, 0.29) is 18.6 Å². The molecule has 0 saturated heterocycles. The molecule has 5 nitrogen and oxygen atoms in total. The molecular weight excluding hydrogens is 396 g/mol. The summed E-state index contributed by atoms with van der Waals surface area (Å²) < 4.78 is 2.04. The second-order valence-electron chi connectivity index (χ2n) is 7.81. The van der Waals surface area contributed by atoms with Gasteiger partial charge < -0.3 is 15.0 Å². The molecule has 0 saturated carbocycles. The zero-order valence-electron chi connectivity index (χ0n) is 17.3. The van der Waals surface area contributed by atoms with Crippen LogP contribution in [0.3, 0.4) is 0 Å². The highest BCUT2D eigenvalue weighted by Crippen LogP contribution is 2.36. The van der Waals surface area contributed by atoms with Crippen molar-refractivity contribution in [2.24, 2.45) is 5.92 Å². The van der Waals surface area contributed by atoms with Gasteiger partial charge in [-0.05, 0) is 36.1 Å². The van der Waals surface area contributed by atoms with Gasteiger partial charge in [-0.3, -0.25) is 0 Å². The Hall–Kier alpha value is -2.89. The predicted molar refractivity (Wildman–Crippen MR) is 123 cm³/mol. The van der Waals surface area contributed by atoms with Gasteiger partial charge >= 0.3 is 0 Å². The monoisotopic (exact) mass is 420 g/mol. The van der Waals surface area contributed by atoms with Gasteiger partial charge in [-0.25, -0.2) is 9.97 Å². The second kappa shape index (κ2) is 8.46. The van der Waals surface area contributed by atoms with E-state index in [9.17, 15) is 5.11 Å². The third kappa shape index (κ3) is 3.78. The van der Waals surface area contributed by atoms with Crippen LogP contribution in [0.15, 0.2) is 61.1 Å². The molecule has 0 bridgehead atoms. The molecular formula is C24H25ClN4O. The first kappa shape index (κ1) is 20.4. The van der Waals surface area contributed by atoms with Crippen LogP contribution in [0.25, 0.3) is 27.8 Å². The van der Waals surface area contributed by atoms with Crippen molar-refractivity contribution in [2.45, 2.75) is 26.8 Å². The molecule has 6 heteroatoms. The lowest BCUT2D eigenvalue weighted by atomic mass is 10.0. The van der Waals surface area contributed by atoms with Crippen LogP contribution >= 0.6 is 11.6 Å². The fourth-order valence-electron chi connectivity index (χ4n) is 3.53. The number of aromatic nitrogens is 3. The fourth-order valence-corrected chi connectivity index (χ4v) is 3.71. The summed E-state index contributed by atoms with van der Waals surface area (Å²) in [5.41, 5.74) is 4.84. The summed E-state index contributed by atoms with van der Waals surface area (Å²) >= 11 is 6.41. The minimum atomic E-state index is -0.108. The van der Waals surface area contributed by atoms with Crippen LogP contribution in [0, 0.1) is 12.8 Å². The van der Waals surface area contributed by atoms with Gasteiger partial charge in [0, 0.05) is 22.5 Å². The standard InChI is InChI=1S/C24H25ClN4O/c1-15(2)21(13-30)28-23-22-19(17-7-5-4-6-8-17)12-29(24(22)27-14-26-23)18-10-9-16(3)20(25)11-18/h4-12,14-15,21,30H,13H2,1-3H3,(H,26,27,28). The summed E-state index contributed by atoms with van der Waals surface area (Å²) in [7, 11) is 0. The van der Waals surface area contributed by atoms with E-state index in [1.165, 1.54) is 0 Å². The number of rotatable bonds is 6. The zero-order chi connectivity index (χ0) is 21.3. The van der Waals surface area contributed by atoms with E-state index in [2.05, 4.69) is 47.5 Å². The number of hydrogen-bond acceptors (Lipinski definition) is 4. The molecule has 0 fully saturated rings. The molecule has 0 spiro atoms. The molecule has 2 aromatic heterocycles. The van der Waals surface area contributed by atoms with Crippen molar-refractivity contribution in [2.75, 3.05) is 11.9 Å². The average Bonchev–Trinajstić information content (AvgIpc) is 3.15. The first-order chi connectivity index (χ1) is 14.5. The van der Waals surface area contributed by atoms with Gasteiger partial charge in [0.15, 0.2) is 5.65 Å². The first-order valence-corrected chi connectivity index (χ1v) is 10.4. The maximum absolute atomic E-state index is 9.83. The van der Waals surface area contributed by atoms with Crippen LogP contribution < -0.4 is 5.32 Å². The lowest BCUT2D eigenvalue weighted by molar-refractivity contribution is 0.249. The third-order valence-corrected chi connectivity index (χ3v) is 5.83. The van der Waals surface area contributed by atoms with Crippen LogP contribution in [0.5, 0.6) is 0 Å². The molecule has 1 unspecified atom stereocenters. The number of fused-ring (bicyclic) bond motifs is 1. The molecule has 0 aliphatic carbocycles. The number of aliphatic hydroxyl groups is 1. The molecule has 1 atom stereocenters. The highest BCUT2D eigenvalue weighted by atomic mass is 35.5. The van der Waals surface area contributed by atoms with Crippen molar-refractivity contribution in [3.63, 3.8) is 0 Å². The van der Waals surface area contributed by atoms with E-state index in [0.717, 1.165) is 33.4 Å². The topological polar surface area (TPSA) is 63.0 Å². The van der Waals surface area contributed by atoms with Crippen LogP contribution in [0.2, 0.25) is 5.02 Å². The largest absolute Gasteiger partial charge is 0.394 e. The lowest BCUT2D eigenvalue weighted by Crippen LogP contribution is -2.30. The molecule has 0 radical (unpaired) electrons. The van der Waals surface area contributed by atoms with Crippen molar-refractivity contribution < 1.29 is 5.11 Å².